The molecular formula is C8H13F3N2O. The third-order valence-corrected chi connectivity index (χ3v) is 2.14. The molecule has 0 aromatic heterocycles. The third kappa shape index (κ3) is 3.26. The van der Waals surface area contributed by atoms with Crippen molar-refractivity contribution < 1.29 is 18.0 Å². The normalized spacial score (nSPS) is 21.1. The molecule has 0 unspecified atom stereocenters. The number of halogens is 3. The Morgan fingerprint density at radius 1 is 1.36 bits per heavy atom. The summed E-state index contributed by atoms with van der Waals surface area (Å²) in [6, 6.07) is 0. The Morgan fingerprint density at radius 2 is 2.00 bits per heavy atom. The van der Waals surface area contributed by atoms with E-state index in [0.29, 0.717) is 13.2 Å². The number of ketones is 1. The average molecular weight is 210 g/mol. The summed E-state index contributed by atoms with van der Waals surface area (Å²) in [6.45, 7) is 1.35. The molecule has 0 amide bonds. The topological polar surface area (TPSA) is 23.6 Å². The van der Waals surface area contributed by atoms with E-state index in [-0.39, 0.29) is 0 Å². The summed E-state index contributed by atoms with van der Waals surface area (Å²) in [5, 5.41) is 0. The minimum Gasteiger partial charge on any atom is -0.293 e. The van der Waals surface area contributed by atoms with Crippen LogP contribution in [0.15, 0.2) is 0 Å². The summed E-state index contributed by atoms with van der Waals surface area (Å²) >= 11 is 0. The van der Waals surface area contributed by atoms with Gasteiger partial charge in [-0.3, -0.25) is 14.6 Å². The van der Waals surface area contributed by atoms with Crippen molar-refractivity contribution in [3.05, 3.63) is 0 Å². The molecule has 3 nitrogen and oxygen atoms in total. The Morgan fingerprint density at radius 3 is 2.50 bits per heavy atom. The van der Waals surface area contributed by atoms with Gasteiger partial charge in [-0.15, -0.1) is 0 Å². The molecule has 1 fully saturated rings. The minimum absolute atomic E-state index is 0.432. The predicted octanol–water partition coefficient (Wildman–Crippen LogP) is 0.713. The highest BCUT2D eigenvalue weighted by atomic mass is 19.4. The van der Waals surface area contributed by atoms with Crippen molar-refractivity contribution in [1.82, 2.24) is 9.80 Å². The molecule has 0 aliphatic carbocycles. The van der Waals surface area contributed by atoms with E-state index in [0.717, 1.165) is 13.0 Å². The van der Waals surface area contributed by atoms with Gasteiger partial charge in [0.05, 0.1) is 13.2 Å². The average Bonchev–Trinajstić information content (AvgIpc) is 2.02. The first-order chi connectivity index (χ1) is 6.39. The largest absolute Gasteiger partial charge is 0.451 e. The first-order valence-electron chi connectivity index (χ1n) is 4.40. The van der Waals surface area contributed by atoms with Crippen LogP contribution in [0.2, 0.25) is 0 Å². The monoisotopic (exact) mass is 210 g/mol. The highest BCUT2D eigenvalue weighted by molar-refractivity contribution is 5.85. The van der Waals surface area contributed by atoms with Gasteiger partial charge in [0.25, 0.3) is 0 Å². The fourth-order valence-corrected chi connectivity index (χ4v) is 1.47. The predicted molar refractivity (Wildman–Crippen MR) is 44.7 cm³/mol. The van der Waals surface area contributed by atoms with Crippen molar-refractivity contribution in [3.63, 3.8) is 0 Å². The lowest BCUT2D eigenvalue weighted by Crippen LogP contribution is -2.47. The molecule has 0 atom stereocenters. The van der Waals surface area contributed by atoms with E-state index in [1.807, 2.05) is 11.9 Å². The second-order valence-electron chi connectivity index (χ2n) is 3.55. The van der Waals surface area contributed by atoms with Gasteiger partial charge in [0, 0.05) is 13.1 Å². The molecule has 0 radical (unpaired) electrons. The van der Waals surface area contributed by atoms with E-state index in [9.17, 15) is 18.0 Å². The molecule has 0 spiro atoms. The summed E-state index contributed by atoms with van der Waals surface area (Å²) < 4.78 is 35.7. The first-order valence-corrected chi connectivity index (χ1v) is 4.40. The maximum atomic E-state index is 11.9. The Balaban J connectivity index is 2.40. The van der Waals surface area contributed by atoms with Gasteiger partial charge in [-0.2, -0.15) is 13.2 Å². The Kier molecular flexibility index (Phi) is 3.49. The van der Waals surface area contributed by atoms with Crippen LogP contribution in [-0.4, -0.2) is 55.1 Å². The third-order valence-electron chi connectivity index (χ3n) is 2.14. The lowest BCUT2D eigenvalue weighted by Gasteiger charge is -2.32. The lowest BCUT2D eigenvalue weighted by atomic mass is 10.2. The lowest BCUT2D eigenvalue weighted by molar-refractivity contribution is -0.172. The summed E-state index contributed by atoms with van der Waals surface area (Å²) in [4.78, 5) is 14.1. The van der Waals surface area contributed by atoms with Crippen molar-refractivity contribution >= 4 is 5.78 Å². The summed E-state index contributed by atoms with van der Waals surface area (Å²) in [5.74, 6) is -1.66. The van der Waals surface area contributed by atoms with Gasteiger partial charge in [-0.1, -0.05) is 0 Å². The number of nitrogens with zero attached hydrogens (tertiary/aromatic N) is 2. The van der Waals surface area contributed by atoms with E-state index in [2.05, 4.69) is 0 Å². The molecule has 1 aliphatic heterocycles. The van der Waals surface area contributed by atoms with Gasteiger partial charge in [-0.05, 0) is 13.5 Å². The zero-order valence-corrected chi connectivity index (χ0v) is 7.97. The molecule has 0 bridgehead atoms. The molecule has 0 N–H and O–H groups in total. The van der Waals surface area contributed by atoms with Crippen molar-refractivity contribution in [3.8, 4) is 0 Å². The van der Waals surface area contributed by atoms with Gasteiger partial charge in [-0.25, -0.2) is 0 Å². The number of rotatable bonds is 2. The summed E-state index contributed by atoms with van der Waals surface area (Å²) in [7, 11) is 1.82. The van der Waals surface area contributed by atoms with Crippen LogP contribution in [0.25, 0.3) is 0 Å². The highest BCUT2D eigenvalue weighted by Gasteiger charge is 2.39. The van der Waals surface area contributed by atoms with Crippen molar-refractivity contribution in [1.29, 1.82) is 0 Å². The van der Waals surface area contributed by atoms with E-state index >= 15 is 0 Å². The molecule has 1 saturated heterocycles. The quantitative estimate of drug-likeness (QED) is 0.670. The molecule has 1 rings (SSSR count). The smallest absolute Gasteiger partial charge is 0.293 e. The molecule has 0 saturated carbocycles. The van der Waals surface area contributed by atoms with Crippen LogP contribution in [0.3, 0.4) is 0 Å². The SMILES string of the molecule is CN1CCCN(CC(=O)C(F)(F)F)C1. The number of alkyl halides is 3. The first kappa shape index (κ1) is 11.5. The number of hydrogen-bond donors (Lipinski definition) is 0. The molecule has 1 aliphatic rings. The van der Waals surface area contributed by atoms with Crippen molar-refractivity contribution in [2.75, 3.05) is 33.4 Å². The van der Waals surface area contributed by atoms with Gasteiger partial charge in [0.15, 0.2) is 0 Å². The van der Waals surface area contributed by atoms with Crippen LogP contribution >= 0.6 is 0 Å². The van der Waals surface area contributed by atoms with Crippen LogP contribution in [0, 0.1) is 0 Å². The van der Waals surface area contributed by atoms with E-state index in [4.69, 9.17) is 0 Å². The molecule has 0 aromatic rings. The van der Waals surface area contributed by atoms with Crippen LogP contribution in [0.5, 0.6) is 0 Å². The Hall–Kier alpha value is -0.620. The Labute approximate surface area is 80.5 Å². The molecular weight excluding hydrogens is 197 g/mol. The van der Waals surface area contributed by atoms with Crippen LogP contribution in [-0.2, 0) is 4.79 Å². The highest BCUT2D eigenvalue weighted by Crippen LogP contribution is 2.17. The van der Waals surface area contributed by atoms with Gasteiger partial charge >= 0.3 is 6.18 Å². The fourth-order valence-electron chi connectivity index (χ4n) is 1.47. The maximum absolute atomic E-state index is 11.9. The second-order valence-corrected chi connectivity index (χ2v) is 3.55. The van der Waals surface area contributed by atoms with E-state index in [1.165, 1.54) is 4.90 Å². The van der Waals surface area contributed by atoms with Gasteiger partial charge in [0.2, 0.25) is 5.78 Å². The van der Waals surface area contributed by atoms with Crippen LogP contribution in [0.4, 0.5) is 13.2 Å². The molecule has 0 aromatic carbocycles. The van der Waals surface area contributed by atoms with Crippen LogP contribution in [0.1, 0.15) is 6.42 Å². The van der Waals surface area contributed by atoms with Crippen LogP contribution < -0.4 is 0 Å². The number of hydrogen-bond acceptors (Lipinski definition) is 3. The summed E-state index contributed by atoms with van der Waals surface area (Å²) in [5.41, 5.74) is 0. The maximum Gasteiger partial charge on any atom is 0.451 e. The standard InChI is InChI=1S/C8H13F3N2O/c1-12-3-2-4-13(6-12)5-7(14)8(9,10)11/h2-6H2,1H3. The Bertz CT molecular complexity index is 217. The molecule has 1 heterocycles. The van der Waals surface area contributed by atoms with Gasteiger partial charge in [0.1, 0.15) is 0 Å². The molecule has 82 valence electrons. The number of Topliss-reactive ketones (excluding diaryl/α,β-unsaturated/α-hetero) is 1. The molecule has 6 heteroatoms. The van der Waals surface area contributed by atoms with Crippen molar-refractivity contribution in [2.24, 2.45) is 0 Å². The van der Waals surface area contributed by atoms with Crippen molar-refractivity contribution in [2.45, 2.75) is 12.6 Å². The zero-order chi connectivity index (χ0) is 10.8. The number of carbonyl (C=O) groups excluding carboxylic acids is 1. The summed E-state index contributed by atoms with van der Waals surface area (Å²) in [6.07, 6.45) is -3.89. The van der Waals surface area contributed by atoms with E-state index in [1.54, 1.807) is 0 Å². The second kappa shape index (κ2) is 4.27. The fraction of sp³-hybridized carbons (Fsp3) is 0.875. The number of carbonyl (C=O) groups is 1. The van der Waals surface area contributed by atoms with E-state index < -0.39 is 18.5 Å². The minimum atomic E-state index is -4.70. The molecule has 14 heavy (non-hydrogen) atoms. The van der Waals surface area contributed by atoms with Gasteiger partial charge < -0.3 is 0 Å². The zero-order valence-electron chi connectivity index (χ0n) is 7.97.